The van der Waals surface area contributed by atoms with Gasteiger partial charge in [0.25, 0.3) is 0 Å². The van der Waals surface area contributed by atoms with E-state index in [1.165, 1.54) is 29.4 Å². The number of hydrogen-bond acceptors (Lipinski definition) is 4. The monoisotopic (exact) mass is 365 g/mol. The van der Waals surface area contributed by atoms with E-state index in [-0.39, 0.29) is 24.4 Å². The summed E-state index contributed by atoms with van der Waals surface area (Å²) < 4.78 is 5.15. The number of carbonyl (C=O) groups excluding carboxylic acids is 1. The predicted octanol–water partition coefficient (Wildman–Crippen LogP) is 4.59. The van der Waals surface area contributed by atoms with Crippen LogP contribution >= 0.6 is 0 Å². The molecular weight excluding hydrogens is 338 g/mol. The molecule has 0 amide bonds. The highest BCUT2D eigenvalue weighted by atomic mass is 16.5. The summed E-state index contributed by atoms with van der Waals surface area (Å²) in [5.41, 5.74) is 8.74. The zero-order valence-corrected chi connectivity index (χ0v) is 15.7. The molecule has 2 rings (SSSR count). The molecule has 0 spiro atoms. The summed E-state index contributed by atoms with van der Waals surface area (Å²) in [6.07, 6.45) is 4.85. The number of ether oxygens (including phenoxy) is 1. The standard InChI is InChI=1S/C17H19NO2.C6H8O/c1-13(20-17(19)12-18)11-14-7-9-16(10-8-14)15-5-3-2-4-6-15;1-3-5-6(7)4-2/h2-10,13H,11-12,18H2,1H3;3-5,7H,1-2H2/b;6-5+. The minimum absolute atomic E-state index is 0.0721. The van der Waals surface area contributed by atoms with Crippen molar-refractivity contribution in [1.29, 1.82) is 0 Å². The fourth-order valence-electron chi connectivity index (χ4n) is 2.30. The maximum Gasteiger partial charge on any atom is 0.319 e. The van der Waals surface area contributed by atoms with E-state index < -0.39 is 0 Å². The number of aliphatic hydroxyl groups is 1. The summed E-state index contributed by atoms with van der Waals surface area (Å²) in [5.74, 6) is -0.214. The van der Waals surface area contributed by atoms with Gasteiger partial charge in [0, 0.05) is 6.42 Å². The molecule has 0 aromatic heterocycles. The molecule has 3 N–H and O–H groups in total. The van der Waals surface area contributed by atoms with Crippen LogP contribution in [0.5, 0.6) is 0 Å². The summed E-state index contributed by atoms with van der Waals surface area (Å²) in [6.45, 7) is 8.48. The van der Waals surface area contributed by atoms with E-state index in [1.54, 1.807) is 0 Å². The molecule has 0 heterocycles. The van der Waals surface area contributed by atoms with Gasteiger partial charge >= 0.3 is 5.97 Å². The number of carbonyl (C=O) groups is 1. The van der Waals surface area contributed by atoms with Crippen LogP contribution in [0.3, 0.4) is 0 Å². The van der Waals surface area contributed by atoms with Crippen LogP contribution in [0.15, 0.2) is 91.7 Å². The number of aliphatic hydroxyl groups excluding tert-OH is 1. The van der Waals surface area contributed by atoms with E-state index in [4.69, 9.17) is 15.6 Å². The van der Waals surface area contributed by atoms with E-state index in [2.05, 4.69) is 49.6 Å². The molecule has 0 aliphatic carbocycles. The van der Waals surface area contributed by atoms with Crippen molar-refractivity contribution in [1.82, 2.24) is 0 Å². The second-order valence-corrected chi connectivity index (χ2v) is 5.80. The predicted molar refractivity (Wildman–Crippen MR) is 111 cm³/mol. The lowest BCUT2D eigenvalue weighted by Gasteiger charge is -2.13. The van der Waals surface area contributed by atoms with Crippen LogP contribution in [-0.4, -0.2) is 23.7 Å². The van der Waals surface area contributed by atoms with Crippen molar-refractivity contribution in [3.63, 3.8) is 0 Å². The highest BCUT2D eigenvalue weighted by molar-refractivity contribution is 5.71. The van der Waals surface area contributed by atoms with Gasteiger partial charge in [0.1, 0.15) is 11.9 Å². The molecule has 0 aliphatic heterocycles. The molecule has 0 fully saturated rings. The van der Waals surface area contributed by atoms with Gasteiger partial charge < -0.3 is 15.6 Å². The summed E-state index contributed by atoms with van der Waals surface area (Å²) in [4.78, 5) is 11.1. The molecule has 0 bridgehead atoms. The van der Waals surface area contributed by atoms with Gasteiger partial charge in [-0.05, 0) is 35.8 Å². The normalized spacial score (nSPS) is 11.6. The zero-order valence-electron chi connectivity index (χ0n) is 15.7. The van der Waals surface area contributed by atoms with Crippen molar-refractivity contribution < 1.29 is 14.6 Å². The first kappa shape index (κ1) is 21.9. The number of hydrogen-bond donors (Lipinski definition) is 2. The number of nitrogens with two attached hydrogens (primary N) is 1. The molecule has 2 aromatic rings. The number of benzene rings is 2. The SMILES string of the molecule is C=C/C=C(/O)C=C.CC(Cc1ccc(-c2ccccc2)cc1)OC(=O)CN. The van der Waals surface area contributed by atoms with Crippen LogP contribution in [-0.2, 0) is 16.0 Å². The van der Waals surface area contributed by atoms with Crippen molar-refractivity contribution in [2.45, 2.75) is 19.4 Å². The second kappa shape index (κ2) is 12.3. The van der Waals surface area contributed by atoms with Gasteiger partial charge in [-0.1, -0.05) is 73.8 Å². The molecule has 0 saturated carbocycles. The first-order chi connectivity index (χ1) is 13.0. The Kier molecular flexibility index (Phi) is 9.97. The van der Waals surface area contributed by atoms with Crippen LogP contribution in [0.1, 0.15) is 12.5 Å². The van der Waals surface area contributed by atoms with Gasteiger partial charge in [-0.2, -0.15) is 0 Å². The molecule has 1 atom stereocenters. The van der Waals surface area contributed by atoms with Crippen molar-refractivity contribution in [2.75, 3.05) is 6.54 Å². The highest BCUT2D eigenvalue weighted by Crippen LogP contribution is 2.19. The van der Waals surface area contributed by atoms with Gasteiger partial charge in [-0.25, -0.2) is 0 Å². The van der Waals surface area contributed by atoms with E-state index in [9.17, 15) is 4.79 Å². The molecule has 1 unspecified atom stereocenters. The van der Waals surface area contributed by atoms with Crippen molar-refractivity contribution >= 4 is 5.97 Å². The Morgan fingerprint density at radius 2 is 1.70 bits per heavy atom. The average molecular weight is 365 g/mol. The molecule has 2 aromatic carbocycles. The summed E-state index contributed by atoms with van der Waals surface area (Å²) >= 11 is 0. The quantitative estimate of drug-likeness (QED) is 0.428. The Morgan fingerprint density at radius 1 is 1.11 bits per heavy atom. The third-order valence-corrected chi connectivity index (χ3v) is 3.58. The van der Waals surface area contributed by atoms with E-state index >= 15 is 0 Å². The molecule has 142 valence electrons. The topological polar surface area (TPSA) is 72.5 Å². The Bertz CT molecular complexity index is 749. The minimum Gasteiger partial charge on any atom is -0.508 e. The Morgan fingerprint density at radius 3 is 2.19 bits per heavy atom. The smallest absolute Gasteiger partial charge is 0.319 e. The third kappa shape index (κ3) is 8.70. The average Bonchev–Trinajstić information content (AvgIpc) is 2.69. The third-order valence-electron chi connectivity index (χ3n) is 3.58. The van der Waals surface area contributed by atoms with Gasteiger partial charge in [0.2, 0.25) is 0 Å². The van der Waals surface area contributed by atoms with E-state index in [1.807, 2.05) is 25.1 Å². The number of esters is 1. The maximum absolute atomic E-state index is 11.1. The van der Waals surface area contributed by atoms with Crippen LogP contribution in [0, 0.1) is 0 Å². The molecule has 27 heavy (non-hydrogen) atoms. The minimum atomic E-state index is -0.363. The molecule has 4 nitrogen and oxygen atoms in total. The van der Waals surface area contributed by atoms with Crippen molar-refractivity contribution in [2.24, 2.45) is 5.73 Å². The fraction of sp³-hybridized carbons (Fsp3) is 0.174. The van der Waals surface area contributed by atoms with E-state index in [0.29, 0.717) is 6.42 Å². The summed E-state index contributed by atoms with van der Waals surface area (Å²) in [5, 5.41) is 8.53. The highest BCUT2D eigenvalue weighted by Gasteiger charge is 2.08. The van der Waals surface area contributed by atoms with Gasteiger partial charge in [-0.3, -0.25) is 4.79 Å². The first-order valence-electron chi connectivity index (χ1n) is 8.68. The molecule has 0 saturated heterocycles. The Hall–Kier alpha value is -3.11. The Labute approximate surface area is 161 Å². The van der Waals surface area contributed by atoms with Gasteiger partial charge in [-0.15, -0.1) is 0 Å². The molecular formula is C23H27NO3. The number of allylic oxidation sites excluding steroid dienone is 3. The fourth-order valence-corrected chi connectivity index (χ4v) is 2.30. The van der Waals surface area contributed by atoms with Gasteiger partial charge in [0.15, 0.2) is 0 Å². The van der Waals surface area contributed by atoms with Crippen molar-refractivity contribution in [3.05, 3.63) is 97.3 Å². The van der Waals surface area contributed by atoms with Crippen LogP contribution in [0.4, 0.5) is 0 Å². The maximum atomic E-state index is 11.1. The lowest BCUT2D eigenvalue weighted by Crippen LogP contribution is -2.23. The molecule has 4 heteroatoms. The van der Waals surface area contributed by atoms with Crippen LogP contribution in [0.2, 0.25) is 0 Å². The van der Waals surface area contributed by atoms with Gasteiger partial charge in [0.05, 0.1) is 6.54 Å². The van der Waals surface area contributed by atoms with E-state index in [0.717, 1.165) is 5.56 Å². The summed E-state index contributed by atoms with van der Waals surface area (Å²) in [6, 6.07) is 18.5. The lowest BCUT2D eigenvalue weighted by atomic mass is 10.0. The Balaban J connectivity index is 0.000000445. The molecule has 0 aliphatic rings. The second-order valence-electron chi connectivity index (χ2n) is 5.80. The lowest BCUT2D eigenvalue weighted by molar-refractivity contribution is -0.146. The first-order valence-corrected chi connectivity index (χ1v) is 8.68. The van der Waals surface area contributed by atoms with Crippen LogP contribution < -0.4 is 5.73 Å². The molecule has 0 radical (unpaired) electrons. The summed E-state index contributed by atoms with van der Waals surface area (Å²) in [7, 11) is 0. The largest absolute Gasteiger partial charge is 0.508 e. The zero-order chi connectivity index (χ0) is 20.1. The van der Waals surface area contributed by atoms with Crippen LogP contribution in [0.25, 0.3) is 11.1 Å². The van der Waals surface area contributed by atoms with Crippen molar-refractivity contribution in [3.8, 4) is 11.1 Å². The number of rotatable bonds is 7.